The summed E-state index contributed by atoms with van der Waals surface area (Å²) in [5.74, 6) is 0.524. The molecule has 2 aromatic rings. The van der Waals surface area contributed by atoms with Crippen LogP contribution in [-0.4, -0.2) is 24.5 Å². The van der Waals surface area contributed by atoms with Crippen molar-refractivity contribution in [1.82, 2.24) is 10.3 Å². The van der Waals surface area contributed by atoms with Crippen LogP contribution in [0.3, 0.4) is 0 Å². The lowest BCUT2D eigenvalue weighted by atomic mass is 10.1. The quantitative estimate of drug-likeness (QED) is 0.858. The monoisotopic (exact) mass is 324 g/mol. The van der Waals surface area contributed by atoms with Crippen LogP contribution in [-0.2, 0) is 6.42 Å². The van der Waals surface area contributed by atoms with Gasteiger partial charge in [0.1, 0.15) is 10.9 Å². The third-order valence-corrected chi connectivity index (χ3v) is 3.45. The van der Waals surface area contributed by atoms with Gasteiger partial charge in [0.05, 0.1) is 17.7 Å². The van der Waals surface area contributed by atoms with E-state index < -0.39 is 0 Å². The fraction of sp³-hybridized carbons (Fsp3) is 0.200. The number of methoxy groups -OCH3 is 1. The summed E-state index contributed by atoms with van der Waals surface area (Å²) in [4.78, 5) is 15.9. The first-order valence-corrected chi connectivity index (χ1v) is 7.08. The van der Waals surface area contributed by atoms with E-state index in [1.54, 1.807) is 7.11 Å². The maximum Gasteiger partial charge on any atom is 0.252 e. The van der Waals surface area contributed by atoms with Crippen LogP contribution in [0.2, 0.25) is 10.2 Å². The van der Waals surface area contributed by atoms with Crippen molar-refractivity contribution in [3.63, 3.8) is 0 Å². The van der Waals surface area contributed by atoms with Crippen LogP contribution in [0.25, 0.3) is 0 Å². The average Bonchev–Trinajstić information content (AvgIpc) is 2.50. The lowest BCUT2D eigenvalue weighted by molar-refractivity contribution is 0.0954. The Morgan fingerprint density at radius 3 is 2.86 bits per heavy atom. The topological polar surface area (TPSA) is 51.2 Å². The highest BCUT2D eigenvalue weighted by atomic mass is 35.5. The molecule has 0 saturated carbocycles. The second kappa shape index (κ2) is 7.29. The molecule has 0 bridgehead atoms. The van der Waals surface area contributed by atoms with Crippen molar-refractivity contribution in [2.75, 3.05) is 13.7 Å². The van der Waals surface area contributed by atoms with Gasteiger partial charge in [0.2, 0.25) is 0 Å². The van der Waals surface area contributed by atoms with E-state index in [4.69, 9.17) is 27.9 Å². The summed E-state index contributed by atoms with van der Waals surface area (Å²) < 4.78 is 5.26. The molecule has 0 spiro atoms. The van der Waals surface area contributed by atoms with Crippen LogP contribution in [0.15, 0.2) is 36.5 Å². The van der Waals surface area contributed by atoms with Gasteiger partial charge in [-0.25, -0.2) is 4.98 Å². The Balaban J connectivity index is 1.97. The lowest BCUT2D eigenvalue weighted by Gasteiger charge is -2.09. The van der Waals surface area contributed by atoms with E-state index in [1.807, 2.05) is 24.3 Å². The molecule has 0 aliphatic rings. The number of nitrogens with one attached hydrogen (secondary N) is 1. The average molecular weight is 325 g/mol. The first-order chi connectivity index (χ1) is 10.1. The van der Waals surface area contributed by atoms with E-state index in [9.17, 15) is 4.79 Å². The van der Waals surface area contributed by atoms with Gasteiger partial charge < -0.3 is 10.1 Å². The van der Waals surface area contributed by atoms with Crippen LogP contribution >= 0.6 is 23.2 Å². The Morgan fingerprint density at radius 2 is 2.10 bits per heavy atom. The molecular weight excluding hydrogens is 311 g/mol. The van der Waals surface area contributed by atoms with Gasteiger partial charge in [-0.3, -0.25) is 4.79 Å². The number of carbonyl (C=O) groups is 1. The molecule has 6 heteroatoms. The molecule has 0 fully saturated rings. The Labute approximate surface area is 133 Å². The van der Waals surface area contributed by atoms with E-state index in [1.165, 1.54) is 12.3 Å². The van der Waals surface area contributed by atoms with Crippen LogP contribution in [0.1, 0.15) is 15.9 Å². The Hall–Kier alpha value is -1.78. The van der Waals surface area contributed by atoms with Crippen molar-refractivity contribution in [3.8, 4) is 5.75 Å². The second-order valence-corrected chi connectivity index (χ2v) is 5.10. The molecule has 1 aromatic heterocycles. The van der Waals surface area contributed by atoms with Crippen LogP contribution in [0, 0.1) is 0 Å². The molecule has 0 unspecified atom stereocenters. The number of rotatable bonds is 5. The van der Waals surface area contributed by atoms with E-state index in [2.05, 4.69) is 10.3 Å². The maximum absolute atomic E-state index is 12.0. The first-order valence-electron chi connectivity index (χ1n) is 6.33. The number of benzene rings is 1. The molecule has 1 heterocycles. The molecule has 1 N–H and O–H groups in total. The smallest absolute Gasteiger partial charge is 0.252 e. The number of ether oxygens (including phenoxy) is 1. The minimum atomic E-state index is -0.279. The van der Waals surface area contributed by atoms with Crippen LogP contribution in [0.5, 0.6) is 5.75 Å². The van der Waals surface area contributed by atoms with Gasteiger partial charge in [0, 0.05) is 12.7 Å². The number of hydrogen-bond donors (Lipinski definition) is 1. The van der Waals surface area contributed by atoms with Crippen molar-refractivity contribution >= 4 is 29.1 Å². The largest absolute Gasteiger partial charge is 0.496 e. The van der Waals surface area contributed by atoms with Crippen molar-refractivity contribution in [2.45, 2.75) is 6.42 Å². The standard InChI is InChI=1S/C15H14Cl2N2O2/c1-21-13-5-3-2-4-10(13)6-7-18-15(20)11-8-14(17)19-9-12(11)16/h2-5,8-9H,6-7H2,1H3,(H,18,20). The summed E-state index contributed by atoms with van der Waals surface area (Å²) in [6.07, 6.45) is 2.02. The summed E-state index contributed by atoms with van der Waals surface area (Å²) in [7, 11) is 1.62. The predicted molar refractivity (Wildman–Crippen MR) is 83.3 cm³/mol. The predicted octanol–water partition coefficient (Wildman–Crippen LogP) is 3.37. The zero-order chi connectivity index (χ0) is 15.2. The highest BCUT2D eigenvalue weighted by Gasteiger charge is 2.11. The maximum atomic E-state index is 12.0. The number of hydrogen-bond acceptors (Lipinski definition) is 3. The summed E-state index contributed by atoms with van der Waals surface area (Å²) in [5, 5.41) is 3.30. The molecular formula is C15H14Cl2N2O2. The number of amides is 1. The van der Waals surface area contributed by atoms with E-state index in [0.29, 0.717) is 18.5 Å². The summed E-state index contributed by atoms with van der Waals surface area (Å²) in [5.41, 5.74) is 1.34. The van der Waals surface area contributed by atoms with Crippen molar-refractivity contribution < 1.29 is 9.53 Å². The molecule has 0 aliphatic carbocycles. The minimum Gasteiger partial charge on any atom is -0.496 e. The molecule has 0 aliphatic heterocycles. The normalized spacial score (nSPS) is 10.2. The van der Waals surface area contributed by atoms with E-state index in [0.717, 1.165) is 11.3 Å². The Morgan fingerprint density at radius 1 is 1.33 bits per heavy atom. The first kappa shape index (κ1) is 15.6. The lowest BCUT2D eigenvalue weighted by Crippen LogP contribution is -2.26. The highest BCUT2D eigenvalue weighted by molar-refractivity contribution is 6.35. The number of pyridine rings is 1. The fourth-order valence-corrected chi connectivity index (χ4v) is 2.25. The summed E-state index contributed by atoms with van der Waals surface area (Å²) >= 11 is 11.7. The van der Waals surface area contributed by atoms with Gasteiger partial charge >= 0.3 is 0 Å². The highest BCUT2D eigenvalue weighted by Crippen LogP contribution is 2.19. The van der Waals surface area contributed by atoms with Crippen LogP contribution in [0.4, 0.5) is 0 Å². The van der Waals surface area contributed by atoms with E-state index >= 15 is 0 Å². The van der Waals surface area contributed by atoms with Gasteiger partial charge in [0.15, 0.2) is 0 Å². The number of aromatic nitrogens is 1. The minimum absolute atomic E-state index is 0.231. The van der Waals surface area contributed by atoms with Crippen molar-refractivity contribution in [2.24, 2.45) is 0 Å². The zero-order valence-corrected chi connectivity index (χ0v) is 12.9. The molecule has 2 rings (SSSR count). The summed E-state index contributed by atoms with van der Waals surface area (Å²) in [6, 6.07) is 9.12. The molecule has 0 saturated heterocycles. The molecule has 0 radical (unpaired) electrons. The third kappa shape index (κ3) is 4.09. The van der Waals surface area contributed by atoms with Gasteiger partial charge in [-0.1, -0.05) is 41.4 Å². The molecule has 1 aromatic carbocycles. The molecule has 110 valence electrons. The van der Waals surface area contributed by atoms with E-state index in [-0.39, 0.29) is 16.1 Å². The summed E-state index contributed by atoms with van der Waals surface area (Å²) in [6.45, 7) is 0.468. The number of carbonyl (C=O) groups excluding carboxylic acids is 1. The van der Waals surface area contributed by atoms with Gasteiger partial charge in [-0.15, -0.1) is 0 Å². The molecule has 0 atom stereocenters. The van der Waals surface area contributed by atoms with Gasteiger partial charge in [0.25, 0.3) is 5.91 Å². The number of halogens is 2. The van der Waals surface area contributed by atoms with Crippen LogP contribution < -0.4 is 10.1 Å². The number of nitrogens with zero attached hydrogens (tertiary/aromatic N) is 1. The molecule has 4 nitrogen and oxygen atoms in total. The Bertz CT molecular complexity index is 647. The SMILES string of the molecule is COc1ccccc1CCNC(=O)c1cc(Cl)ncc1Cl. The van der Waals surface area contributed by atoms with Crippen molar-refractivity contribution in [3.05, 3.63) is 57.8 Å². The Kier molecular flexibility index (Phi) is 5.42. The number of para-hydroxylation sites is 1. The second-order valence-electron chi connectivity index (χ2n) is 4.30. The fourth-order valence-electron chi connectivity index (χ4n) is 1.90. The van der Waals surface area contributed by atoms with Gasteiger partial charge in [-0.05, 0) is 24.1 Å². The zero-order valence-electron chi connectivity index (χ0n) is 11.4. The van der Waals surface area contributed by atoms with Crippen molar-refractivity contribution in [1.29, 1.82) is 0 Å². The van der Waals surface area contributed by atoms with Gasteiger partial charge in [-0.2, -0.15) is 0 Å². The molecule has 21 heavy (non-hydrogen) atoms. The molecule has 1 amide bonds. The third-order valence-electron chi connectivity index (χ3n) is 2.94.